The summed E-state index contributed by atoms with van der Waals surface area (Å²) in [5.74, 6) is 0.305. The molecule has 0 aromatic heterocycles. The van der Waals surface area contributed by atoms with Crippen molar-refractivity contribution in [2.45, 2.75) is 152 Å². The molecule has 8 heteroatoms. The Morgan fingerprint density at radius 2 is 1.14 bits per heavy atom. The van der Waals surface area contributed by atoms with Crippen molar-refractivity contribution in [3.63, 3.8) is 0 Å². The molecule has 1 N–H and O–H groups in total. The first kappa shape index (κ1) is 31.8. The first-order valence-electron chi connectivity index (χ1n) is 17.6. The number of epoxide rings is 3. The second-order valence-corrected chi connectivity index (χ2v) is 14.9. The van der Waals surface area contributed by atoms with Crippen LogP contribution in [0.4, 0.5) is 0 Å². The van der Waals surface area contributed by atoms with Gasteiger partial charge in [-0.1, -0.05) is 32.1 Å². The van der Waals surface area contributed by atoms with Crippen LogP contribution < -0.4 is 0 Å². The van der Waals surface area contributed by atoms with Gasteiger partial charge in [-0.05, 0) is 89.9 Å². The number of rotatable bonds is 23. The van der Waals surface area contributed by atoms with Crippen molar-refractivity contribution in [1.82, 2.24) is 0 Å². The zero-order valence-electron chi connectivity index (χ0n) is 26.6. The van der Waals surface area contributed by atoms with E-state index in [0.29, 0.717) is 42.2 Å². The lowest BCUT2D eigenvalue weighted by Crippen LogP contribution is -2.65. The summed E-state index contributed by atoms with van der Waals surface area (Å²) < 4.78 is 36.5. The molecule has 7 fully saturated rings. The number of ether oxygens (including phenoxy) is 6. The number of carbonyl (C=O) groups is 1. The normalized spacial score (nSPS) is 37.3. The highest BCUT2D eigenvalue weighted by atomic mass is 16.6. The summed E-state index contributed by atoms with van der Waals surface area (Å²) in [5, 5.41) is 10.2. The second kappa shape index (κ2) is 14.1. The van der Waals surface area contributed by atoms with Crippen molar-refractivity contribution in [2.75, 3.05) is 39.6 Å². The summed E-state index contributed by atoms with van der Waals surface area (Å²) in [6.45, 7) is 6.60. The molecule has 0 spiro atoms. The maximum absolute atomic E-state index is 12.4. The van der Waals surface area contributed by atoms with Crippen molar-refractivity contribution < 1.29 is 38.3 Å². The van der Waals surface area contributed by atoms with Gasteiger partial charge >= 0.3 is 5.97 Å². The monoisotopic (exact) mass is 604 g/mol. The Hall–Kier alpha value is -1.19. The first-order chi connectivity index (χ1) is 20.9. The van der Waals surface area contributed by atoms with Crippen LogP contribution in [-0.2, 0) is 33.2 Å². The van der Waals surface area contributed by atoms with Crippen LogP contribution >= 0.6 is 0 Å². The molecule has 7 rings (SSSR count). The molecule has 5 atom stereocenters. The van der Waals surface area contributed by atoms with Gasteiger partial charge in [-0.3, -0.25) is 0 Å². The van der Waals surface area contributed by atoms with Gasteiger partial charge in [-0.25, -0.2) is 4.79 Å². The van der Waals surface area contributed by atoms with Gasteiger partial charge in [-0.2, -0.15) is 0 Å². The molecule has 0 aromatic carbocycles. The molecule has 4 bridgehead atoms. The Labute approximate surface area is 258 Å². The fraction of sp³-hybridized carbons (Fsp3) is 0.914. The van der Waals surface area contributed by atoms with Crippen molar-refractivity contribution in [1.29, 1.82) is 0 Å². The molecule has 0 amide bonds. The highest BCUT2D eigenvalue weighted by Crippen LogP contribution is 2.68. The standard InChI is InChI=1S/C35H56O8/c1-26(32(36)37)31(38-14-8-2-5-11-28-20-39-28)33-17-27-18-34(23-33,42-15-9-3-6-12-29-21-40-29)25-35(19-27,24-33)43-16-10-4-7-13-30-22-41-30/h27-30H,2-25H2,1H3,(H,36,37). The van der Waals surface area contributed by atoms with Crippen LogP contribution in [-0.4, -0.2) is 80.2 Å². The number of hydrogen-bond acceptors (Lipinski definition) is 7. The van der Waals surface area contributed by atoms with Crippen molar-refractivity contribution in [2.24, 2.45) is 11.3 Å². The van der Waals surface area contributed by atoms with E-state index in [-0.39, 0.29) is 16.6 Å². The molecule has 7 aliphatic rings. The van der Waals surface area contributed by atoms with Crippen LogP contribution in [0.15, 0.2) is 11.3 Å². The molecule has 3 saturated heterocycles. The molecular formula is C35H56O8. The van der Waals surface area contributed by atoms with Gasteiger partial charge in [-0.15, -0.1) is 0 Å². The average Bonchev–Trinajstić information content (AvgIpc) is 3.81. The average molecular weight is 605 g/mol. The largest absolute Gasteiger partial charge is 0.497 e. The second-order valence-electron chi connectivity index (χ2n) is 14.9. The zero-order chi connectivity index (χ0) is 29.8. The van der Waals surface area contributed by atoms with E-state index in [1.165, 1.54) is 12.8 Å². The molecule has 43 heavy (non-hydrogen) atoms. The van der Waals surface area contributed by atoms with Gasteiger partial charge in [0.1, 0.15) is 5.76 Å². The highest BCUT2D eigenvalue weighted by Gasteiger charge is 2.66. The zero-order valence-corrected chi connectivity index (χ0v) is 26.6. The number of carboxylic acid groups (broad SMARTS) is 1. The predicted octanol–water partition coefficient (Wildman–Crippen LogP) is 6.73. The summed E-state index contributed by atoms with van der Waals surface area (Å²) in [4.78, 5) is 12.4. The topological polar surface area (TPSA) is 103 Å². The molecule has 0 aromatic rings. The van der Waals surface area contributed by atoms with E-state index >= 15 is 0 Å². The van der Waals surface area contributed by atoms with Crippen LogP contribution in [0.2, 0.25) is 0 Å². The molecular weight excluding hydrogens is 548 g/mol. The third kappa shape index (κ3) is 8.75. The van der Waals surface area contributed by atoms with Crippen LogP contribution in [0.1, 0.15) is 122 Å². The number of hydrogen-bond donors (Lipinski definition) is 1. The van der Waals surface area contributed by atoms with Crippen molar-refractivity contribution in [3.8, 4) is 0 Å². The van der Waals surface area contributed by atoms with Gasteiger partial charge in [0, 0.05) is 25.0 Å². The fourth-order valence-corrected chi connectivity index (χ4v) is 9.00. The number of unbranched alkanes of at least 4 members (excludes halogenated alkanes) is 6. The quantitative estimate of drug-likeness (QED) is 0.0593. The van der Waals surface area contributed by atoms with E-state index in [2.05, 4.69) is 0 Å². The third-order valence-corrected chi connectivity index (χ3v) is 10.9. The van der Waals surface area contributed by atoms with E-state index in [9.17, 15) is 9.90 Å². The minimum atomic E-state index is -0.874. The van der Waals surface area contributed by atoms with Crippen LogP contribution in [0.3, 0.4) is 0 Å². The Kier molecular flexibility index (Phi) is 10.4. The lowest BCUT2D eigenvalue weighted by molar-refractivity contribution is -0.261. The van der Waals surface area contributed by atoms with Gasteiger partial charge in [0.05, 0.1) is 61.5 Å². The van der Waals surface area contributed by atoms with Crippen LogP contribution in [0.5, 0.6) is 0 Å². The summed E-state index contributed by atoms with van der Waals surface area (Å²) in [5.41, 5.74) is -0.501. The molecule has 0 radical (unpaired) electrons. The maximum atomic E-state index is 12.4. The van der Waals surface area contributed by atoms with E-state index in [0.717, 1.165) is 136 Å². The molecule has 5 unspecified atom stereocenters. The smallest absolute Gasteiger partial charge is 0.334 e. The van der Waals surface area contributed by atoms with Crippen molar-refractivity contribution in [3.05, 3.63) is 11.3 Å². The Morgan fingerprint density at radius 1 is 0.674 bits per heavy atom. The maximum Gasteiger partial charge on any atom is 0.334 e. The van der Waals surface area contributed by atoms with E-state index in [1.807, 2.05) is 0 Å². The van der Waals surface area contributed by atoms with Crippen molar-refractivity contribution >= 4 is 5.97 Å². The van der Waals surface area contributed by atoms with Crippen LogP contribution in [0, 0.1) is 11.3 Å². The molecule has 3 heterocycles. The van der Waals surface area contributed by atoms with Crippen LogP contribution in [0.25, 0.3) is 0 Å². The number of allylic oxidation sites excluding steroid dienone is 1. The van der Waals surface area contributed by atoms with E-state index in [1.54, 1.807) is 6.92 Å². The predicted molar refractivity (Wildman–Crippen MR) is 162 cm³/mol. The molecule has 4 aliphatic carbocycles. The molecule has 4 saturated carbocycles. The fourth-order valence-electron chi connectivity index (χ4n) is 9.00. The summed E-state index contributed by atoms with van der Waals surface area (Å²) in [6.07, 6.45) is 20.6. The lowest BCUT2D eigenvalue weighted by Gasteiger charge is -2.66. The number of aliphatic carboxylic acids is 1. The third-order valence-electron chi connectivity index (χ3n) is 10.9. The Balaban J connectivity index is 1.12. The highest BCUT2D eigenvalue weighted by molar-refractivity contribution is 5.86. The summed E-state index contributed by atoms with van der Waals surface area (Å²) in [6, 6.07) is 0. The lowest BCUT2D eigenvalue weighted by atomic mass is 9.45. The van der Waals surface area contributed by atoms with Gasteiger partial charge < -0.3 is 33.5 Å². The van der Waals surface area contributed by atoms with Gasteiger partial charge in [0.15, 0.2) is 0 Å². The Morgan fingerprint density at radius 3 is 1.58 bits per heavy atom. The Bertz CT molecular complexity index is 927. The van der Waals surface area contributed by atoms with E-state index < -0.39 is 5.97 Å². The van der Waals surface area contributed by atoms with Gasteiger partial charge in [0.25, 0.3) is 0 Å². The minimum Gasteiger partial charge on any atom is -0.497 e. The van der Waals surface area contributed by atoms with E-state index in [4.69, 9.17) is 28.4 Å². The minimum absolute atomic E-state index is 0.264. The number of carboxylic acids is 1. The molecule has 3 aliphatic heterocycles. The summed E-state index contributed by atoms with van der Waals surface area (Å²) in [7, 11) is 0. The summed E-state index contributed by atoms with van der Waals surface area (Å²) >= 11 is 0. The SMILES string of the molecule is CC(C(=O)O)=C(OCCCCCC1CO1)C12CC3CC(OCCCCCC4CO4)(CC(OCCCCCC4CO4)(C3)C1)C2. The first-order valence-corrected chi connectivity index (χ1v) is 17.6. The molecule has 8 nitrogen and oxygen atoms in total. The molecule has 244 valence electrons. The van der Waals surface area contributed by atoms with Gasteiger partial charge in [0.2, 0.25) is 0 Å².